The van der Waals surface area contributed by atoms with E-state index in [2.05, 4.69) is 68.9 Å². The van der Waals surface area contributed by atoms with Crippen molar-refractivity contribution in [3.8, 4) is 17.1 Å². The summed E-state index contributed by atoms with van der Waals surface area (Å²) in [7, 11) is 1.78. The van der Waals surface area contributed by atoms with Crippen LogP contribution in [0.1, 0.15) is 42.0 Å². The van der Waals surface area contributed by atoms with Crippen LogP contribution in [-0.2, 0) is 13.7 Å². The molecule has 6 nitrogen and oxygen atoms in total. The highest BCUT2D eigenvalue weighted by atomic mass is 16.5. The van der Waals surface area contributed by atoms with Gasteiger partial charge in [0.1, 0.15) is 12.4 Å². The van der Waals surface area contributed by atoms with Crippen molar-refractivity contribution >= 4 is 0 Å². The first-order valence-electron chi connectivity index (χ1n) is 10.7. The van der Waals surface area contributed by atoms with Crippen molar-refractivity contribution in [2.24, 2.45) is 13.0 Å². The Balaban J connectivity index is 1.34. The van der Waals surface area contributed by atoms with Gasteiger partial charge < -0.3 is 4.74 Å². The van der Waals surface area contributed by atoms with Crippen LogP contribution in [0, 0.1) is 5.92 Å². The lowest BCUT2D eigenvalue weighted by atomic mass is 9.70. The molecule has 1 fully saturated rings. The molecule has 1 atom stereocenters. The fourth-order valence-electron chi connectivity index (χ4n) is 4.16. The first-order chi connectivity index (χ1) is 15.3. The Bertz CT molecular complexity index is 1120. The van der Waals surface area contributed by atoms with E-state index in [0.717, 1.165) is 17.0 Å². The van der Waals surface area contributed by atoms with Crippen molar-refractivity contribution in [2.45, 2.75) is 31.8 Å². The monoisotopic (exact) mass is 411 g/mol. The van der Waals surface area contributed by atoms with Crippen LogP contribution < -0.4 is 4.74 Å². The molecule has 6 heteroatoms. The zero-order valence-electron chi connectivity index (χ0n) is 17.6. The van der Waals surface area contributed by atoms with E-state index >= 15 is 0 Å². The van der Waals surface area contributed by atoms with Crippen molar-refractivity contribution in [1.82, 2.24) is 25.2 Å². The van der Waals surface area contributed by atoms with Crippen molar-refractivity contribution in [1.29, 1.82) is 0 Å². The summed E-state index contributed by atoms with van der Waals surface area (Å²) >= 11 is 0. The van der Waals surface area contributed by atoms with Crippen molar-refractivity contribution < 1.29 is 4.74 Å². The molecule has 2 aromatic carbocycles. The van der Waals surface area contributed by atoms with Gasteiger partial charge in [-0.3, -0.25) is 4.98 Å². The number of pyridine rings is 1. The van der Waals surface area contributed by atoms with Gasteiger partial charge in [0.05, 0.1) is 12.7 Å². The van der Waals surface area contributed by atoms with Gasteiger partial charge in [-0.05, 0) is 59.4 Å². The number of tetrazole rings is 1. The second-order valence-electron chi connectivity index (χ2n) is 8.07. The third-order valence-electron chi connectivity index (χ3n) is 6.01. The highest BCUT2D eigenvalue weighted by Gasteiger charge is 2.29. The molecule has 156 valence electrons. The maximum absolute atomic E-state index is 5.92. The first kappa shape index (κ1) is 19.4. The molecular weight excluding hydrogens is 386 g/mol. The number of benzene rings is 2. The highest BCUT2D eigenvalue weighted by molar-refractivity contribution is 5.55. The van der Waals surface area contributed by atoms with E-state index < -0.39 is 0 Å². The van der Waals surface area contributed by atoms with E-state index in [9.17, 15) is 0 Å². The molecule has 0 N–H and O–H groups in total. The van der Waals surface area contributed by atoms with Crippen molar-refractivity contribution in [3.05, 3.63) is 89.7 Å². The maximum atomic E-state index is 5.92. The number of hydrogen-bond donors (Lipinski definition) is 0. The van der Waals surface area contributed by atoms with Gasteiger partial charge in [0.25, 0.3) is 0 Å². The third-order valence-corrected chi connectivity index (χ3v) is 6.01. The number of nitrogens with zero attached hydrogens (tertiary/aromatic N) is 5. The van der Waals surface area contributed by atoms with Gasteiger partial charge in [0.2, 0.25) is 5.82 Å². The lowest BCUT2D eigenvalue weighted by molar-refractivity contribution is 0.283. The van der Waals surface area contributed by atoms with Gasteiger partial charge in [0, 0.05) is 17.7 Å². The Morgan fingerprint density at radius 2 is 1.71 bits per heavy atom. The zero-order chi connectivity index (χ0) is 21.0. The van der Waals surface area contributed by atoms with Crippen LogP contribution in [0.4, 0.5) is 0 Å². The largest absolute Gasteiger partial charge is 0.487 e. The van der Waals surface area contributed by atoms with E-state index in [0.29, 0.717) is 24.3 Å². The standard InChI is InChI=1S/C25H25N5O/c1-30-28-25(27-29-30)21-10-8-19(9-11-21)24(18-5-4-6-18)20-12-14-23(15-13-20)31-17-22-7-2-3-16-26-22/h2-3,7-16,18,24H,4-6,17H2,1H3. The first-order valence-corrected chi connectivity index (χ1v) is 10.7. The van der Waals surface area contributed by atoms with Crippen molar-refractivity contribution in [3.63, 3.8) is 0 Å². The van der Waals surface area contributed by atoms with Gasteiger partial charge in [-0.25, -0.2) is 0 Å². The minimum Gasteiger partial charge on any atom is -0.487 e. The summed E-state index contributed by atoms with van der Waals surface area (Å²) < 4.78 is 5.92. The Kier molecular flexibility index (Phi) is 5.44. The van der Waals surface area contributed by atoms with E-state index in [1.807, 2.05) is 18.2 Å². The Hall–Kier alpha value is -3.54. The van der Waals surface area contributed by atoms with E-state index in [4.69, 9.17) is 4.74 Å². The molecule has 31 heavy (non-hydrogen) atoms. The molecule has 0 bridgehead atoms. The number of rotatable bonds is 7. The van der Waals surface area contributed by atoms with Gasteiger partial charge in [-0.1, -0.05) is 48.9 Å². The molecule has 1 aliphatic rings. The van der Waals surface area contributed by atoms with Crippen LogP contribution in [0.25, 0.3) is 11.4 Å². The Morgan fingerprint density at radius 1 is 0.968 bits per heavy atom. The van der Waals surface area contributed by atoms with Gasteiger partial charge in [0.15, 0.2) is 0 Å². The molecule has 1 unspecified atom stereocenters. The fourth-order valence-corrected chi connectivity index (χ4v) is 4.16. The minimum absolute atomic E-state index is 0.391. The van der Waals surface area contributed by atoms with E-state index in [1.165, 1.54) is 35.2 Å². The van der Waals surface area contributed by atoms with Crippen LogP contribution in [0.15, 0.2) is 72.9 Å². The van der Waals surface area contributed by atoms with Crippen LogP contribution >= 0.6 is 0 Å². The normalized spacial score (nSPS) is 14.7. The molecule has 0 aliphatic heterocycles. The zero-order valence-corrected chi connectivity index (χ0v) is 17.6. The molecule has 0 spiro atoms. The third kappa shape index (κ3) is 4.33. The average Bonchev–Trinajstić information content (AvgIpc) is 3.22. The Morgan fingerprint density at radius 3 is 2.29 bits per heavy atom. The van der Waals surface area contributed by atoms with Crippen LogP contribution in [0.2, 0.25) is 0 Å². The summed E-state index contributed by atoms with van der Waals surface area (Å²) in [5, 5.41) is 12.3. The van der Waals surface area contributed by atoms with Crippen LogP contribution in [-0.4, -0.2) is 25.2 Å². The Labute approximate surface area is 181 Å². The highest BCUT2D eigenvalue weighted by Crippen LogP contribution is 2.43. The molecule has 5 rings (SSSR count). The fraction of sp³-hybridized carbons (Fsp3) is 0.280. The van der Waals surface area contributed by atoms with Gasteiger partial charge in [-0.15, -0.1) is 10.2 Å². The summed E-state index contributed by atoms with van der Waals surface area (Å²) in [5.41, 5.74) is 4.58. The quantitative estimate of drug-likeness (QED) is 0.438. The summed E-state index contributed by atoms with van der Waals surface area (Å²) in [4.78, 5) is 5.80. The number of aromatic nitrogens is 5. The maximum Gasteiger partial charge on any atom is 0.204 e. The van der Waals surface area contributed by atoms with E-state index in [1.54, 1.807) is 13.2 Å². The molecular formula is C25H25N5O. The summed E-state index contributed by atoms with van der Waals surface area (Å²) in [6, 6.07) is 23.0. The molecule has 1 aliphatic carbocycles. The molecule has 0 amide bonds. The molecule has 0 radical (unpaired) electrons. The van der Waals surface area contributed by atoms with Crippen LogP contribution in [0.5, 0.6) is 5.75 Å². The van der Waals surface area contributed by atoms with Gasteiger partial charge in [-0.2, -0.15) is 4.80 Å². The lowest BCUT2D eigenvalue weighted by Gasteiger charge is -2.34. The lowest BCUT2D eigenvalue weighted by Crippen LogP contribution is -2.21. The molecule has 2 aromatic heterocycles. The summed E-state index contributed by atoms with van der Waals surface area (Å²) in [5.74, 6) is 2.60. The van der Waals surface area contributed by atoms with Crippen LogP contribution in [0.3, 0.4) is 0 Å². The molecule has 0 saturated heterocycles. The van der Waals surface area contributed by atoms with Crippen molar-refractivity contribution in [2.75, 3.05) is 0 Å². The number of ether oxygens (including phenoxy) is 1. The average molecular weight is 412 g/mol. The molecule has 2 heterocycles. The molecule has 4 aromatic rings. The molecule has 1 saturated carbocycles. The smallest absolute Gasteiger partial charge is 0.204 e. The topological polar surface area (TPSA) is 65.7 Å². The summed E-state index contributed by atoms with van der Waals surface area (Å²) in [6.07, 6.45) is 5.65. The minimum atomic E-state index is 0.391. The number of aryl methyl sites for hydroxylation is 1. The second kappa shape index (κ2) is 8.68. The summed E-state index contributed by atoms with van der Waals surface area (Å²) in [6.45, 7) is 0.476. The second-order valence-corrected chi connectivity index (χ2v) is 8.07. The predicted molar refractivity (Wildman–Crippen MR) is 118 cm³/mol. The van der Waals surface area contributed by atoms with Gasteiger partial charge >= 0.3 is 0 Å². The van der Waals surface area contributed by atoms with E-state index in [-0.39, 0.29) is 0 Å². The SMILES string of the molecule is Cn1nnc(-c2ccc(C(c3ccc(OCc4ccccn4)cc3)C3CCC3)cc2)n1. The number of hydrogen-bond acceptors (Lipinski definition) is 5. The predicted octanol–water partition coefficient (Wildman–Crippen LogP) is 4.78.